The number of furan rings is 1. The van der Waals surface area contributed by atoms with Gasteiger partial charge in [0.1, 0.15) is 0 Å². The molecular weight excluding hydrogens is 458 g/mol. The second-order valence-corrected chi connectivity index (χ2v) is 10.4. The van der Waals surface area contributed by atoms with Gasteiger partial charge in [0.25, 0.3) is 10.0 Å². The van der Waals surface area contributed by atoms with Gasteiger partial charge in [-0.3, -0.25) is 4.72 Å². The van der Waals surface area contributed by atoms with Crippen LogP contribution in [0, 0.1) is 0 Å². The molecule has 0 radical (unpaired) electrons. The molecule has 1 aromatic heterocycles. The number of nitrogens with zero attached hydrogens (tertiary/aromatic N) is 1. The maximum atomic E-state index is 13.7. The fraction of sp³-hybridized carbons (Fsp3) is 0.143. The Morgan fingerprint density at radius 1 is 0.800 bits per heavy atom. The van der Waals surface area contributed by atoms with E-state index in [1.807, 2.05) is 72.8 Å². The Labute approximate surface area is 204 Å². The van der Waals surface area contributed by atoms with Crippen molar-refractivity contribution in [3.8, 4) is 11.1 Å². The molecule has 1 fully saturated rings. The van der Waals surface area contributed by atoms with Crippen molar-refractivity contribution in [2.24, 2.45) is 0 Å². The van der Waals surface area contributed by atoms with Gasteiger partial charge >= 0.3 is 0 Å². The van der Waals surface area contributed by atoms with Gasteiger partial charge in [-0.05, 0) is 40.6 Å². The lowest BCUT2D eigenvalue weighted by Gasteiger charge is -2.29. The average Bonchev–Trinajstić information content (AvgIpc) is 3.37. The molecular formula is C28H25N3O3S. The fourth-order valence-electron chi connectivity index (χ4n) is 4.86. The third-order valence-corrected chi connectivity index (χ3v) is 7.94. The van der Waals surface area contributed by atoms with Crippen LogP contribution in [-0.2, 0) is 10.0 Å². The molecule has 1 saturated heterocycles. The van der Waals surface area contributed by atoms with Gasteiger partial charge in [-0.2, -0.15) is 0 Å². The van der Waals surface area contributed by atoms with Crippen molar-refractivity contribution in [1.29, 1.82) is 0 Å². The summed E-state index contributed by atoms with van der Waals surface area (Å²) in [6.07, 6.45) is 1.64. The summed E-state index contributed by atoms with van der Waals surface area (Å²) in [4.78, 5) is 2.47. The standard InChI is InChI=1S/C28H25N3O3S/c32-35(33,27-11-4-3-9-25(27)24-10-5-7-20-6-1-2-8-23(20)24)30-22-18-21-12-17-34-28(21)26(19-22)31-15-13-29-14-16-31/h1-12,17-19,29-30H,13-16H2. The molecule has 7 heteroatoms. The van der Waals surface area contributed by atoms with Crippen molar-refractivity contribution in [2.45, 2.75) is 4.90 Å². The quantitative estimate of drug-likeness (QED) is 0.347. The van der Waals surface area contributed by atoms with Crippen LogP contribution in [0.25, 0.3) is 32.9 Å². The number of nitrogens with one attached hydrogen (secondary N) is 2. The summed E-state index contributed by atoms with van der Waals surface area (Å²) < 4.78 is 36.1. The number of fused-ring (bicyclic) bond motifs is 2. The van der Waals surface area contributed by atoms with Gasteiger partial charge in [-0.15, -0.1) is 0 Å². The smallest absolute Gasteiger partial charge is 0.262 e. The van der Waals surface area contributed by atoms with E-state index in [4.69, 9.17) is 4.42 Å². The molecule has 0 aliphatic carbocycles. The topological polar surface area (TPSA) is 74.6 Å². The van der Waals surface area contributed by atoms with Crippen molar-refractivity contribution in [3.63, 3.8) is 0 Å². The van der Waals surface area contributed by atoms with Crippen LogP contribution in [-0.4, -0.2) is 34.6 Å². The first kappa shape index (κ1) is 21.7. The van der Waals surface area contributed by atoms with Crippen LogP contribution in [0.4, 0.5) is 11.4 Å². The first-order chi connectivity index (χ1) is 17.1. The molecule has 0 bridgehead atoms. The van der Waals surface area contributed by atoms with Crippen LogP contribution in [0.3, 0.4) is 0 Å². The van der Waals surface area contributed by atoms with Crippen LogP contribution >= 0.6 is 0 Å². The van der Waals surface area contributed by atoms with E-state index < -0.39 is 10.0 Å². The average molecular weight is 484 g/mol. The Hall–Kier alpha value is -3.81. The molecule has 0 saturated carbocycles. The first-order valence-electron chi connectivity index (χ1n) is 11.7. The molecule has 0 atom stereocenters. The minimum absolute atomic E-state index is 0.243. The highest BCUT2D eigenvalue weighted by molar-refractivity contribution is 7.92. The highest BCUT2D eigenvalue weighted by Gasteiger charge is 2.22. The van der Waals surface area contributed by atoms with E-state index in [-0.39, 0.29) is 4.90 Å². The molecule has 0 unspecified atom stereocenters. The maximum Gasteiger partial charge on any atom is 0.262 e. The molecule has 0 amide bonds. The van der Waals surface area contributed by atoms with Crippen LogP contribution in [0.15, 0.2) is 101 Å². The predicted octanol–water partition coefficient (Wildman–Crippen LogP) is 5.46. The van der Waals surface area contributed by atoms with Crippen LogP contribution in [0.2, 0.25) is 0 Å². The zero-order valence-electron chi connectivity index (χ0n) is 19.1. The van der Waals surface area contributed by atoms with Crippen LogP contribution < -0.4 is 14.9 Å². The minimum Gasteiger partial charge on any atom is -0.462 e. The second-order valence-electron chi connectivity index (χ2n) is 8.70. The fourth-order valence-corrected chi connectivity index (χ4v) is 6.12. The SMILES string of the molecule is O=S(=O)(Nc1cc(N2CCNCC2)c2occc2c1)c1ccccc1-c1cccc2ccccc12. The molecule has 35 heavy (non-hydrogen) atoms. The van der Waals surface area contributed by atoms with E-state index in [1.165, 1.54) is 0 Å². The third kappa shape index (κ3) is 4.03. The number of benzene rings is 4. The van der Waals surface area contributed by atoms with E-state index in [2.05, 4.69) is 14.9 Å². The molecule has 2 heterocycles. The van der Waals surface area contributed by atoms with Gasteiger partial charge in [0.15, 0.2) is 5.58 Å². The Kier molecular flexibility index (Phi) is 5.43. The van der Waals surface area contributed by atoms with Crippen molar-refractivity contribution in [1.82, 2.24) is 5.32 Å². The van der Waals surface area contributed by atoms with E-state index in [1.54, 1.807) is 18.4 Å². The highest BCUT2D eigenvalue weighted by atomic mass is 32.2. The maximum absolute atomic E-state index is 13.7. The summed E-state index contributed by atoms with van der Waals surface area (Å²) in [5.41, 5.74) is 3.74. The number of anilines is 2. The second kappa shape index (κ2) is 8.76. The monoisotopic (exact) mass is 483 g/mol. The number of sulfonamides is 1. The highest BCUT2D eigenvalue weighted by Crippen LogP contribution is 2.36. The molecule has 5 aromatic rings. The van der Waals surface area contributed by atoms with Gasteiger partial charge < -0.3 is 14.6 Å². The Bertz CT molecular complexity index is 1630. The molecule has 6 rings (SSSR count). The van der Waals surface area contributed by atoms with Crippen molar-refractivity contribution < 1.29 is 12.8 Å². The van der Waals surface area contributed by atoms with Crippen molar-refractivity contribution in [2.75, 3.05) is 35.8 Å². The summed E-state index contributed by atoms with van der Waals surface area (Å²) in [6.45, 7) is 3.40. The van der Waals surface area contributed by atoms with Gasteiger partial charge in [0.05, 0.1) is 22.5 Å². The largest absolute Gasteiger partial charge is 0.462 e. The molecule has 1 aliphatic heterocycles. The summed E-state index contributed by atoms with van der Waals surface area (Å²) >= 11 is 0. The zero-order chi connectivity index (χ0) is 23.8. The summed E-state index contributed by atoms with van der Waals surface area (Å²) in [6, 6.07) is 26.7. The minimum atomic E-state index is -3.87. The number of piperazine rings is 1. The predicted molar refractivity (Wildman–Crippen MR) is 141 cm³/mol. The van der Waals surface area contributed by atoms with E-state index >= 15 is 0 Å². The van der Waals surface area contributed by atoms with E-state index in [9.17, 15) is 8.42 Å². The van der Waals surface area contributed by atoms with E-state index in [0.29, 0.717) is 11.3 Å². The lowest BCUT2D eigenvalue weighted by molar-refractivity contribution is 0.579. The van der Waals surface area contributed by atoms with Crippen molar-refractivity contribution in [3.05, 3.63) is 91.2 Å². The number of hydrogen-bond acceptors (Lipinski definition) is 5. The molecule has 0 spiro atoms. The molecule has 6 nitrogen and oxygen atoms in total. The van der Waals surface area contributed by atoms with Crippen LogP contribution in [0.5, 0.6) is 0 Å². The van der Waals surface area contributed by atoms with Crippen molar-refractivity contribution >= 4 is 43.1 Å². The van der Waals surface area contributed by atoms with Gasteiger partial charge in [-0.1, -0.05) is 60.7 Å². The Morgan fingerprint density at radius 3 is 2.43 bits per heavy atom. The normalized spacial score (nSPS) is 14.5. The third-order valence-electron chi connectivity index (χ3n) is 6.50. The Balaban J connectivity index is 1.43. The molecule has 176 valence electrons. The lowest BCUT2D eigenvalue weighted by atomic mass is 9.98. The lowest BCUT2D eigenvalue weighted by Crippen LogP contribution is -2.43. The molecule has 1 aliphatic rings. The van der Waals surface area contributed by atoms with Gasteiger partial charge in [0.2, 0.25) is 0 Å². The summed E-state index contributed by atoms with van der Waals surface area (Å²) in [5, 5.41) is 6.29. The number of rotatable bonds is 5. The van der Waals surface area contributed by atoms with Gasteiger partial charge in [0, 0.05) is 37.1 Å². The summed E-state index contributed by atoms with van der Waals surface area (Å²) in [5.74, 6) is 0. The van der Waals surface area contributed by atoms with Crippen LogP contribution in [0.1, 0.15) is 0 Å². The zero-order valence-corrected chi connectivity index (χ0v) is 19.9. The van der Waals surface area contributed by atoms with E-state index in [0.717, 1.165) is 59.2 Å². The number of hydrogen-bond donors (Lipinski definition) is 2. The Morgan fingerprint density at radius 2 is 1.54 bits per heavy atom. The van der Waals surface area contributed by atoms with Gasteiger partial charge in [-0.25, -0.2) is 8.42 Å². The molecule has 2 N–H and O–H groups in total. The molecule has 4 aromatic carbocycles. The first-order valence-corrected chi connectivity index (χ1v) is 13.2. The summed E-state index contributed by atoms with van der Waals surface area (Å²) in [7, 11) is -3.87.